The van der Waals surface area contributed by atoms with Crippen molar-refractivity contribution >= 4 is 47.1 Å². The number of hydrogen-bond acceptors (Lipinski definition) is 9. The first-order valence-electron chi connectivity index (χ1n) is 16.1. The average molecular weight is 652 g/mol. The molecule has 46 heavy (non-hydrogen) atoms. The van der Waals surface area contributed by atoms with Crippen LogP contribution >= 0.6 is 11.8 Å². The number of anilines is 1. The number of rotatable bonds is 15. The maximum Gasteiger partial charge on any atom is 0.326 e. The number of benzene rings is 2. The number of imide groups is 1. The van der Waals surface area contributed by atoms with Gasteiger partial charge in [0.25, 0.3) is 11.8 Å². The number of fused-ring (bicyclic) bond motifs is 2. The molecule has 0 aliphatic carbocycles. The van der Waals surface area contributed by atoms with Gasteiger partial charge in [0.1, 0.15) is 18.2 Å². The summed E-state index contributed by atoms with van der Waals surface area (Å²) in [6, 6.07) is 13.0. The van der Waals surface area contributed by atoms with Gasteiger partial charge < -0.3 is 9.47 Å². The first-order valence-corrected chi connectivity index (χ1v) is 17.1. The number of carbonyl (C=O) groups excluding carboxylic acids is 5. The van der Waals surface area contributed by atoms with Crippen LogP contribution < -0.4 is 10.2 Å². The summed E-state index contributed by atoms with van der Waals surface area (Å²) in [6.45, 7) is 7.51. The second-order valence-electron chi connectivity index (χ2n) is 12.5. The van der Waals surface area contributed by atoms with Gasteiger partial charge in [0.15, 0.2) is 0 Å². The predicted molar refractivity (Wildman–Crippen MR) is 177 cm³/mol. The summed E-state index contributed by atoms with van der Waals surface area (Å²) < 4.78 is 10.9. The molecular weight excluding hydrogens is 606 g/mol. The Morgan fingerprint density at radius 1 is 0.891 bits per heavy atom. The smallest absolute Gasteiger partial charge is 0.326 e. The van der Waals surface area contributed by atoms with Crippen LogP contribution in [0.2, 0.25) is 0 Å². The summed E-state index contributed by atoms with van der Waals surface area (Å²) in [5.74, 6) is -1.26. The van der Waals surface area contributed by atoms with Gasteiger partial charge in [0.05, 0.1) is 29.5 Å². The zero-order chi connectivity index (χ0) is 33.3. The summed E-state index contributed by atoms with van der Waals surface area (Å²) in [5.41, 5.74) is 0.901. The summed E-state index contributed by atoms with van der Waals surface area (Å²) in [5, 5.41) is 3.27. The van der Waals surface area contributed by atoms with Gasteiger partial charge in [-0.2, -0.15) is 0 Å². The van der Waals surface area contributed by atoms with Gasteiger partial charge in [0, 0.05) is 17.2 Å². The van der Waals surface area contributed by atoms with E-state index in [0.29, 0.717) is 35.5 Å². The highest BCUT2D eigenvalue weighted by Crippen LogP contribution is 2.34. The van der Waals surface area contributed by atoms with E-state index >= 15 is 0 Å². The van der Waals surface area contributed by atoms with Gasteiger partial charge in [-0.3, -0.25) is 39.1 Å². The minimum absolute atomic E-state index is 0.222. The van der Waals surface area contributed by atoms with Gasteiger partial charge in [0.2, 0.25) is 5.91 Å². The van der Waals surface area contributed by atoms with Crippen molar-refractivity contribution in [3.8, 4) is 0 Å². The average Bonchev–Trinajstić information content (AvgIpc) is 3.17. The number of amides is 3. The van der Waals surface area contributed by atoms with Crippen molar-refractivity contribution in [2.45, 2.75) is 95.2 Å². The number of thioether (sulfide) groups is 1. The lowest BCUT2D eigenvalue weighted by atomic mass is 10.0. The number of esters is 2. The number of para-hydroxylation sites is 1. The van der Waals surface area contributed by atoms with Crippen LogP contribution in [0.25, 0.3) is 0 Å². The number of hydrogen-bond donors (Lipinski definition) is 1. The van der Waals surface area contributed by atoms with E-state index in [4.69, 9.17) is 9.47 Å². The molecule has 1 N–H and O–H groups in total. The van der Waals surface area contributed by atoms with E-state index in [1.807, 2.05) is 24.3 Å². The highest BCUT2D eigenvalue weighted by molar-refractivity contribution is 7.99. The van der Waals surface area contributed by atoms with Crippen LogP contribution in [0.3, 0.4) is 0 Å². The summed E-state index contributed by atoms with van der Waals surface area (Å²) in [6.07, 6.45) is 5.64. The largest absolute Gasteiger partial charge is 0.465 e. The minimum Gasteiger partial charge on any atom is -0.465 e. The fourth-order valence-electron chi connectivity index (χ4n) is 5.66. The Morgan fingerprint density at radius 2 is 1.50 bits per heavy atom. The Labute approximate surface area is 275 Å². The third-order valence-electron chi connectivity index (χ3n) is 7.81. The highest BCUT2D eigenvalue weighted by Gasteiger charge is 2.36. The van der Waals surface area contributed by atoms with Crippen LogP contribution in [0.15, 0.2) is 53.4 Å². The molecule has 10 nitrogen and oxygen atoms in total. The topological polar surface area (TPSA) is 122 Å². The number of unbranched alkanes of at least 4 members (excludes halogenated alkanes) is 5. The molecule has 2 aromatic rings. The molecule has 2 aliphatic heterocycles. The number of nitrogens with zero attached hydrogens (tertiary/aromatic N) is 2. The van der Waals surface area contributed by atoms with Crippen LogP contribution in [0.4, 0.5) is 5.69 Å². The zero-order valence-corrected chi connectivity index (χ0v) is 28.0. The number of ether oxygens (including phenoxy) is 2. The molecule has 2 atom stereocenters. The Bertz CT molecular complexity index is 1390. The van der Waals surface area contributed by atoms with E-state index < -0.39 is 29.6 Å². The van der Waals surface area contributed by atoms with E-state index in [1.165, 1.54) is 21.6 Å². The summed E-state index contributed by atoms with van der Waals surface area (Å²) in [4.78, 5) is 68.3. The highest BCUT2D eigenvalue weighted by atomic mass is 32.2. The molecule has 0 saturated carbocycles. The van der Waals surface area contributed by atoms with E-state index in [0.717, 1.165) is 43.4 Å². The second kappa shape index (κ2) is 16.2. The van der Waals surface area contributed by atoms with E-state index in [9.17, 15) is 24.0 Å². The van der Waals surface area contributed by atoms with E-state index in [-0.39, 0.29) is 30.9 Å². The lowest BCUT2D eigenvalue weighted by Crippen LogP contribution is -2.54. The Hall–Kier alpha value is -3.70. The van der Waals surface area contributed by atoms with Gasteiger partial charge in [-0.1, -0.05) is 56.4 Å². The van der Waals surface area contributed by atoms with Crippen LogP contribution in [0.5, 0.6) is 0 Å². The van der Waals surface area contributed by atoms with Crippen LogP contribution in [0, 0.1) is 0 Å². The Kier molecular flexibility index (Phi) is 12.4. The quantitative estimate of drug-likeness (QED) is 0.154. The molecule has 0 radical (unpaired) electrons. The number of nitrogens with one attached hydrogen (secondary N) is 1. The SMILES string of the molecule is CCOC(=O)[C@H](CCCCCCCCN1C(=O)c2ccccc2C1=O)N[C@H]1CSc2ccccc2N(CC(=O)OC(C)(C)C)C1=O. The van der Waals surface area contributed by atoms with Crippen molar-refractivity contribution in [2.75, 3.05) is 30.3 Å². The van der Waals surface area contributed by atoms with Crippen molar-refractivity contribution in [1.82, 2.24) is 10.2 Å². The van der Waals surface area contributed by atoms with Crippen LogP contribution in [-0.4, -0.2) is 77.7 Å². The molecule has 2 aromatic carbocycles. The molecular formula is C35H45N3O7S. The Morgan fingerprint density at radius 3 is 2.15 bits per heavy atom. The lowest BCUT2D eigenvalue weighted by Gasteiger charge is -2.28. The fraction of sp³-hybridized carbons (Fsp3) is 0.514. The molecule has 3 amide bonds. The third-order valence-corrected chi connectivity index (χ3v) is 8.97. The molecule has 0 spiro atoms. The van der Waals surface area contributed by atoms with Crippen LogP contribution in [0.1, 0.15) is 93.4 Å². The van der Waals surface area contributed by atoms with E-state index in [2.05, 4.69) is 5.32 Å². The molecule has 0 saturated heterocycles. The van der Waals surface area contributed by atoms with Crippen molar-refractivity contribution in [2.24, 2.45) is 0 Å². The molecule has 0 fully saturated rings. The van der Waals surface area contributed by atoms with Gasteiger partial charge >= 0.3 is 11.9 Å². The van der Waals surface area contributed by atoms with Gasteiger partial charge in [-0.05, 0) is 64.8 Å². The van der Waals surface area contributed by atoms with Crippen LogP contribution in [-0.2, 0) is 23.9 Å². The molecule has 4 rings (SSSR count). The molecule has 11 heteroatoms. The lowest BCUT2D eigenvalue weighted by molar-refractivity contribution is -0.154. The maximum absolute atomic E-state index is 13.8. The normalized spacial score (nSPS) is 17.0. The molecule has 0 bridgehead atoms. The number of carbonyl (C=O) groups is 5. The molecule has 0 aromatic heterocycles. The molecule has 0 unspecified atom stereocenters. The fourth-order valence-corrected chi connectivity index (χ4v) is 6.75. The first-order chi connectivity index (χ1) is 22.0. The summed E-state index contributed by atoms with van der Waals surface area (Å²) >= 11 is 1.50. The standard InChI is InChI=1S/C35H45N3O7S/c1-5-44-34(43)26(18-10-8-6-7-9-15-21-37-31(40)24-16-11-12-17-25(24)32(37)41)36-27-23-46-29-20-14-13-19-28(29)38(33(27)42)22-30(39)45-35(2,3)4/h11-14,16-17,19-20,26-27,36H,5-10,15,18,21-23H2,1-4H3/t26-,27-/m0/s1. The molecule has 2 heterocycles. The minimum atomic E-state index is -0.712. The first kappa shape index (κ1) is 35.2. The third kappa shape index (κ3) is 9.19. The van der Waals surface area contributed by atoms with E-state index in [1.54, 1.807) is 52.0 Å². The van der Waals surface area contributed by atoms with Crippen molar-refractivity contribution in [3.63, 3.8) is 0 Å². The molecule has 2 aliphatic rings. The molecule has 248 valence electrons. The van der Waals surface area contributed by atoms with Crippen molar-refractivity contribution in [3.05, 3.63) is 59.7 Å². The monoisotopic (exact) mass is 651 g/mol. The van der Waals surface area contributed by atoms with Gasteiger partial charge in [-0.15, -0.1) is 11.8 Å². The maximum atomic E-state index is 13.8. The summed E-state index contributed by atoms with van der Waals surface area (Å²) in [7, 11) is 0. The van der Waals surface area contributed by atoms with Crippen molar-refractivity contribution in [1.29, 1.82) is 0 Å². The zero-order valence-electron chi connectivity index (χ0n) is 27.2. The predicted octanol–water partition coefficient (Wildman–Crippen LogP) is 5.38. The Balaban J connectivity index is 1.27. The van der Waals surface area contributed by atoms with Gasteiger partial charge in [-0.25, -0.2) is 0 Å². The van der Waals surface area contributed by atoms with Crippen molar-refractivity contribution < 1.29 is 33.4 Å². The second-order valence-corrected chi connectivity index (χ2v) is 13.6.